The summed E-state index contributed by atoms with van der Waals surface area (Å²) < 4.78 is 10.4. The molecule has 26 heavy (non-hydrogen) atoms. The number of hydrogen-bond acceptors (Lipinski definition) is 5. The molecule has 0 bridgehead atoms. The molecule has 7 heteroatoms. The third-order valence-electron chi connectivity index (χ3n) is 3.79. The van der Waals surface area contributed by atoms with E-state index in [1.165, 1.54) is 7.11 Å². The molecule has 0 radical (unpaired) electrons. The Balaban J connectivity index is 1.80. The van der Waals surface area contributed by atoms with Crippen molar-refractivity contribution in [1.29, 1.82) is 0 Å². The minimum atomic E-state index is -0.160. The quantitative estimate of drug-likeness (QED) is 0.703. The lowest BCUT2D eigenvalue weighted by atomic mass is 10.0. The van der Waals surface area contributed by atoms with Crippen LogP contribution in [0.5, 0.6) is 11.5 Å². The molecule has 1 atom stereocenters. The SMILES string of the molecule is COc1ccc(NC(=O)CC(C)CC(=O)NCc2cccs2)c(OC)c1. The Kier molecular flexibility index (Phi) is 7.47. The fourth-order valence-electron chi connectivity index (χ4n) is 2.48. The van der Waals surface area contributed by atoms with Crippen molar-refractivity contribution in [2.45, 2.75) is 26.3 Å². The van der Waals surface area contributed by atoms with Gasteiger partial charge in [-0.05, 0) is 29.5 Å². The Morgan fingerprint density at radius 1 is 1.12 bits per heavy atom. The van der Waals surface area contributed by atoms with Gasteiger partial charge in [-0.15, -0.1) is 11.3 Å². The molecule has 0 aliphatic heterocycles. The van der Waals surface area contributed by atoms with Crippen molar-refractivity contribution in [2.24, 2.45) is 5.92 Å². The summed E-state index contributed by atoms with van der Waals surface area (Å²) in [6.45, 7) is 2.41. The third-order valence-corrected chi connectivity index (χ3v) is 4.67. The van der Waals surface area contributed by atoms with Crippen LogP contribution in [0.1, 0.15) is 24.6 Å². The maximum Gasteiger partial charge on any atom is 0.224 e. The number of amides is 2. The van der Waals surface area contributed by atoms with Crippen molar-refractivity contribution in [1.82, 2.24) is 5.32 Å². The van der Waals surface area contributed by atoms with E-state index in [2.05, 4.69) is 10.6 Å². The third kappa shape index (κ3) is 6.07. The van der Waals surface area contributed by atoms with Gasteiger partial charge in [0.25, 0.3) is 0 Å². The minimum Gasteiger partial charge on any atom is -0.497 e. The first-order valence-electron chi connectivity index (χ1n) is 8.32. The molecule has 2 amide bonds. The highest BCUT2D eigenvalue weighted by molar-refractivity contribution is 7.09. The van der Waals surface area contributed by atoms with E-state index in [0.717, 1.165) is 4.88 Å². The molecule has 0 aliphatic carbocycles. The van der Waals surface area contributed by atoms with Gasteiger partial charge in [0, 0.05) is 23.8 Å². The average Bonchev–Trinajstić information content (AvgIpc) is 3.13. The largest absolute Gasteiger partial charge is 0.497 e. The second-order valence-electron chi connectivity index (χ2n) is 5.98. The van der Waals surface area contributed by atoms with Crippen LogP contribution in [0.3, 0.4) is 0 Å². The van der Waals surface area contributed by atoms with Crippen molar-refractivity contribution in [3.8, 4) is 11.5 Å². The van der Waals surface area contributed by atoms with Gasteiger partial charge in [-0.3, -0.25) is 9.59 Å². The Morgan fingerprint density at radius 2 is 1.88 bits per heavy atom. The van der Waals surface area contributed by atoms with Crippen LogP contribution in [0.15, 0.2) is 35.7 Å². The number of benzene rings is 1. The van der Waals surface area contributed by atoms with Crippen LogP contribution >= 0.6 is 11.3 Å². The van der Waals surface area contributed by atoms with Gasteiger partial charge < -0.3 is 20.1 Å². The van der Waals surface area contributed by atoms with Gasteiger partial charge in [0.2, 0.25) is 11.8 Å². The molecule has 1 heterocycles. The second kappa shape index (κ2) is 9.82. The van der Waals surface area contributed by atoms with Gasteiger partial charge in [0.15, 0.2) is 0 Å². The second-order valence-corrected chi connectivity index (χ2v) is 7.02. The van der Waals surface area contributed by atoms with Crippen LogP contribution in [0.2, 0.25) is 0 Å². The van der Waals surface area contributed by atoms with Crippen LogP contribution in [-0.2, 0) is 16.1 Å². The Bertz CT molecular complexity index is 731. The molecule has 2 aromatic rings. The van der Waals surface area contributed by atoms with E-state index in [9.17, 15) is 9.59 Å². The Labute approximate surface area is 157 Å². The van der Waals surface area contributed by atoms with Gasteiger partial charge in [-0.1, -0.05) is 13.0 Å². The lowest BCUT2D eigenvalue weighted by Gasteiger charge is -2.14. The summed E-state index contributed by atoms with van der Waals surface area (Å²) in [6, 6.07) is 9.11. The monoisotopic (exact) mass is 376 g/mol. The highest BCUT2D eigenvalue weighted by Crippen LogP contribution is 2.29. The van der Waals surface area contributed by atoms with E-state index in [-0.39, 0.29) is 24.2 Å². The molecule has 2 N–H and O–H groups in total. The summed E-state index contributed by atoms with van der Waals surface area (Å²) in [7, 11) is 3.10. The number of hydrogen-bond donors (Lipinski definition) is 2. The number of thiophene rings is 1. The predicted octanol–water partition coefficient (Wildman–Crippen LogP) is 3.44. The van der Waals surface area contributed by atoms with Crippen molar-refractivity contribution in [2.75, 3.05) is 19.5 Å². The van der Waals surface area contributed by atoms with E-state index < -0.39 is 0 Å². The molecule has 1 unspecified atom stereocenters. The molecule has 1 aromatic carbocycles. The molecule has 140 valence electrons. The molecule has 1 aromatic heterocycles. The number of rotatable bonds is 9. The Morgan fingerprint density at radius 3 is 2.54 bits per heavy atom. The summed E-state index contributed by atoms with van der Waals surface area (Å²) in [4.78, 5) is 25.3. The average molecular weight is 376 g/mol. The lowest BCUT2D eigenvalue weighted by molar-refractivity contribution is -0.122. The first-order chi connectivity index (χ1) is 12.5. The van der Waals surface area contributed by atoms with Crippen molar-refractivity contribution < 1.29 is 19.1 Å². The topological polar surface area (TPSA) is 76.7 Å². The maximum atomic E-state index is 12.2. The predicted molar refractivity (Wildman–Crippen MR) is 103 cm³/mol. The zero-order chi connectivity index (χ0) is 18.9. The summed E-state index contributed by atoms with van der Waals surface area (Å²) in [6.07, 6.45) is 0.556. The molecule has 0 spiro atoms. The van der Waals surface area contributed by atoms with E-state index in [1.807, 2.05) is 24.4 Å². The van der Waals surface area contributed by atoms with Gasteiger partial charge in [-0.2, -0.15) is 0 Å². The first-order valence-corrected chi connectivity index (χ1v) is 9.20. The summed E-state index contributed by atoms with van der Waals surface area (Å²) in [5, 5.41) is 7.67. The highest BCUT2D eigenvalue weighted by Gasteiger charge is 2.15. The smallest absolute Gasteiger partial charge is 0.224 e. The highest BCUT2D eigenvalue weighted by atomic mass is 32.1. The van der Waals surface area contributed by atoms with E-state index in [4.69, 9.17) is 9.47 Å². The van der Waals surface area contributed by atoms with Crippen molar-refractivity contribution >= 4 is 28.8 Å². The minimum absolute atomic E-state index is 0.0549. The lowest BCUT2D eigenvalue weighted by Crippen LogP contribution is -2.25. The molecule has 0 saturated heterocycles. The van der Waals surface area contributed by atoms with Crippen molar-refractivity contribution in [3.63, 3.8) is 0 Å². The number of carbonyl (C=O) groups is 2. The van der Waals surface area contributed by atoms with Gasteiger partial charge in [0.1, 0.15) is 11.5 Å². The van der Waals surface area contributed by atoms with E-state index in [1.54, 1.807) is 36.6 Å². The molecule has 6 nitrogen and oxygen atoms in total. The number of nitrogens with one attached hydrogen (secondary N) is 2. The summed E-state index contributed by atoms with van der Waals surface area (Å²) in [5.74, 6) is 0.894. The fraction of sp³-hybridized carbons (Fsp3) is 0.368. The van der Waals surface area contributed by atoms with Crippen LogP contribution < -0.4 is 20.1 Å². The van der Waals surface area contributed by atoms with Crippen LogP contribution in [0.4, 0.5) is 5.69 Å². The molecule has 0 aliphatic rings. The van der Waals surface area contributed by atoms with Crippen LogP contribution in [0.25, 0.3) is 0 Å². The first kappa shape index (κ1) is 19.8. The summed E-state index contributed by atoms with van der Waals surface area (Å²) >= 11 is 1.60. The van der Waals surface area contributed by atoms with Gasteiger partial charge >= 0.3 is 0 Å². The maximum absolute atomic E-state index is 12.2. The van der Waals surface area contributed by atoms with Gasteiger partial charge in [-0.25, -0.2) is 0 Å². The number of anilines is 1. The molecule has 0 saturated carbocycles. The fourth-order valence-corrected chi connectivity index (χ4v) is 3.12. The standard InChI is InChI=1S/C19H24N2O4S/c1-13(9-18(22)20-12-15-5-4-8-26-15)10-19(23)21-16-7-6-14(24-2)11-17(16)25-3/h4-8,11,13H,9-10,12H2,1-3H3,(H,20,22)(H,21,23). The van der Waals surface area contributed by atoms with Crippen LogP contribution in [0, 0.1) is 5.92 Å². The normalized spacial score (nSPS) is 11.5. The number of ether oxygens (including phenoxy) is 2. The molecule has 2 rings (SSSR count). The molecule has 0 fully saturated rings. The van der Waals surface area contributed by atoms with Crippen LogP contribution in [-0.4, -0.2) is 26.0 Å². The van der Waals surface area contributed by atoms with Crippen molar-refractivity contribution in [3.05, 3.63) is 40.6 Å². The number of methoxy groups -OCH3 is 2. The van der Waals surface area contributed by atoms with Gasteiger partial charge in [0.05, 0.1) is 26.5 Å². The number of carbonyl (C=O) groups excluding carboxylic acids is 2. The van der Waals surface area contributed by atoms with E-state index in [0.29, 0.717) is 30.2 Å². The molecular formula is C19H24N2O4S. The zero-order valence-corrected chi connectivity index (χ0v) is 16.0. The summed E-state index contributed by atoms with van der Waals surface area (Å²) in [5.41, 5.74) is 0.577. The van der Waals surface area contributed by atoms with E-state index >= 15 is 0 Å². The Hall–Kier alpha value is -2.54. The zero-order valence-electron chi connectivity index (χ0n) is 15.2. The molecular weight excluding hydrogens is 352 g/mol.